The van der Waals surface area contributed by atoms with Crippen molar-refractivity contribution in [2.24, 2.45) is 0 Å². The topological polar surface area (TPSA) is 121 Å². The first-order chi connectivity index (χ1) is 16.5. The number of hydrogen-bond donors (Lipinski definition) is 1. The van der Waals surface area contributed by atoms with E-state index in [9.17, 15) is 9.59 Å². The molecule has 2 heterocycles. The predicted molar refractivity (Wildman–Crippen MR) is 128 cm³/mol. The highest BCUT2D eigenvalue weighted by Gasteiger charge is 2.21. The summed E-state index contributed by atoms with van der Waals surface area (Å²) in [6, 6.07) is 1.94. The Morgan fingerprint density at radius 2 is 1.88 bits per heavy atom. The SMILES string of the molecule is CC.COc1nccc(C)c1CSc1nc2c(c(OCOC(=O)CCCCC(=O)O)n1)CCC2. The van der Waals surface area contributed by atoms with Gasteiger partial charge >= 0.3 is 11.9 Å². The van der Waals surface area contributed by atoms with E-state index in [1.54, 1.807) is 13.3 Å². The third kappa shape index (κ3) is 8.16. The Kier molecular flexibility index (Phi) is 11.6. The van der Waals surface area contributed by atoms with Crippen LogP contribution in [0.3, 0.4) is 0 Å². The molecule has 0 saturated heterocycles. The van der Waals surface area contributed by atoms with Crippen LogP contribution in [0.5, 0.6) is 11.8 Å². The molecule has 9 nitrogen and oxygen atoms in total. The number of carbonyl (C=O) groups excluding carboxylic acids is 1. The zero-order chi connectivity index (χ0) is 24.9. The van der Waals surface area contributed by atoms with Gasteiger partial charge in [-0.15, -0.1) is 0 Å². The number of unbranched alkanes of at least 4 members (excludes halogenated alkanes) is 1. The van der Waals surface area contributed by atoms with Crippen LogP contribution < -0.4 is 9.47 Å². The Hall–Kier alpha value is -2.88. The molecule has 0 saturated carbocycles. The number of nitrogens with zero attached hydrogens (tertiary/aromatic N) is 3. The van der Waals surface area contributed by atoms with Gasteiger partial charge in [-0.3, -0.25) is 9.59 Å². The molecule has 0 amide bonds. The van der Waals surface area contributed by atoms with E-state index in [1.165, 1.54) is 11.8 Å². The molecule has 2 aromatic rings. The highest BCUT2D eigenvalue weighted by atomic mass is 32.2. The molecule has 3 rings (SSSR count). The van der Waals surface area contributed by atoms with Crippen molar-refractivity contribution in [1.82, 2.24) is 15.0 Å². The summed E-state index contributed by atoms with van der Waals surface area (Å²) in [4.78, 5) is 35.8. The van der Waals surface area contributed by atoms with Gasteiger partial charge in [-0.25, -0.2) is 9.97 Å². The van der Waals surface area contributed by atoms with Crippen LogP contribution in [0.4, 0.5) is 0 Å². The maximum absolute atomic E-state index is 11.8. The Morgan fingerprint density at radius 1 is 1.12 bits per heavy atom. The van der Waals surface area contributed by atoms with Crippen molar-refractivity contribution in [3.8, 4) is 11.8 Å². The molecule has 34 heavy (non-hydrogen) atoms. The molecular weight excluding hydrogens is 458 g/mol. The number of carbonyl (C=O) groups is 2. The second-order valence-electron chi connectivity index (χ2n) is 7.37. The molecule has 1 aliphatic carbocycles. The van der Waals surface area contributed by atoms with Crippen LogP contribution in [0.15, 0.2) is 17.4 Å². The quantitative estimate of drug-likeness (QED) is 0.149. The van der Waals surface area contributed by atoms with Crippen molar-refractivity contribution in [3.63, 3.8) is 0 Å². The Balaban J connectivity index is 0.00000199. The molecule has 1 N–H and O–H groups in total. The molecular formula is C24H33N3O6S. The summed E-state index contributed by atoms with van der Waals surface area (Å²) in [6.07, 6.45) is 5.49. The van der Waals surface area contributed by atoms with Crippen molar-refractivity contribution < 1.29 is 28.9 Å². The maximum Gasteiger partial charge on any atom is 0.308 e. The third-order valence-corrected chi connectivity index (χ3v) is 5.97. The zero-order valence-electron chi connectivity index (χ0n) is 20.3. The summed E-state index contributed by atoms with van der Waals surface area (Å²) >= 11 is 1.48. The second-order valence-corrected chi connectivity index (χ2v) is 8.32. The number of thioether (sulfide) groups is 1. The average molecular weight is 492 g/mol. The summed E-state index contributed by atoms with van der Waals surface area (Å²) in [5.74, 6) is 0.348. The lowest BCUT2D eigenvalue weighted by Crippen LogP contribution is -2.12. The van der Waals surface area contributed by atoms with Crippen molar-refractivity contribution in [1.29, 1.82) is 0 Å². The molecule has 0 spiro atoms. The van der Waals surface area contributed by atoms with Crippen LogP contribution >= 0.6 is 11.8 Å². The molecule has 0 atom stereocenters. The van der Waals surface area contributed by atoms with E-state index < -0.39 is 11.9 Å². The van der Waals surface area contributed by atoms with Crippen LogP contribution in [0.25, 0.3) is 0 Å². The second kappa shape index (κ2) is 14.4. The van der Waals surface area contributed by atoms with Gasteiger partial charge in [0.05, 0.1) is 12.8 Å². The van der Waals surface area contributed by atoms with Crippen LogP contribution in [-0.4, -0.2) is 45.9 Å². The van der Waals surface area contributed by atoms with Gasteiger partial charge in [0.15, 0.2) is 5.16 Å². The molecule has 2 aromatic heterocycles. The fourth-order valence-electron chi connectivity index (χ4n) is 3.38. The van der Waals surface area contributed by atoms with Gasteiger partial charge in [-0.05, 0) is 50.7 Å². The first-order valence-electron chi connectivity index (χ1n) is 11.5. The summed E-state index contributed by atoms with van der Waals surface area (Å²) in [5.41, 5.74) is 4.00. The minimum atomic E-state index is -0.870. The van der Waals surface area contributed by atoms with E-state index in [-0.39, 0.29) is 19.6 Å². The number of pyridine rings is 1. The number of esters is 1. The van der Waals surface area contributed by atoms with Crippen molar-refractivity contribution in [3.05, 3.63) is 34.6 Å². The third-order valence-electron chi connectivity index (χ3n) is 5.10. The van der Waals surface area contributed by atoms with Gasteiger partial charge in [0.1, 0.15) is 0 Å². The van der Waals surface area contributed by atoms with E-state index in [2.05, 4.69) is 15.0 Å². The molecule has 1 aliphatic rings. The fourth-order valence-corrected chi connectivity index (χ4v) is 4.33. The monoisotopic (exact) mass is 491 g/mol. The summed E-state index contributed by atoms with van der Waals surface area (Å²) in [5, 5.41) is 9.22. The van der Waals surface area contributed by atoms with E-state index in [1.807, 2.05) is 26.8 Å². The molecule has 186 valence electrons. The molecule has 0 fully saturated rings. The van der Waals surface area contributed by atoms with Crippen LogP contribution in [0, 0.1) is 6.92 Å². The number of aryl methyl sites for hydroxylation is 2. The summed E-state index contributed by atoms with van der Waals surface area (Å²) in [7, 11) is 1.60. The minimum absolute atomic E-state index is 0.0434. The maximum atomic E-state index is 11.8. The Morgan fingerprint density at radius 3 is 2.62 bits per heavy atom. The van der Waals surface area contributed by atoms with Gasteiger partial charge in [0, 0.05) is 35.9 Å². The highest BCUT2D eigenvalue weighted by Crippen LogP contribution is 2.33. The molecule has 0 aromatic carbocycles. The number of fused-ring (bicyclic) bond motifs is 1. The van der Waals surface area contributed by atoms with E-state index in [0.717, 1.165) is 41.6 Å². The number of carboxylic acids is 1. The minimum Gasteiger partial charge on any atom is -0.481 e. The molecule has 10 heteroatoms. The van der Waals surface area contributed by atoms with Crippen molar-refractivity contribution in [2.75, 3.05) is 13.9 Å². The first-order valence-corrected chi connectivity index (χ1v) is 12.5. The first kappa shape index (κ1) is 27.4. The van der Waals surface area contributed by atoms with Crippen molar-refractivity contribution >= 4 is 23.7 Å². The standard InChI is InChI=1S/C22H27N3O6S.C2H6/c1-14-10-11-23-20(29-2)16(14)12-32-22-24-17-7-5-6-15(17)21(25-22)31-13-30-19(28)9-4-3-8-18(26)27;1-2/h10-11H,3-9,12-13H2,1-2H3,(H,26,27);1-2H3. The van der Waals surface area contributed by atoms with Gasteiger partial charge in [-0.1, -0.05) is 25.6 Å². The molecule has 0 aliphatic heterocycles. The molecule has 0 radical (unpaired) electrons. The largest absolute Gasteiger partial charge is 0.481 e. The lowest BCUT2D eigenvalue weighted by atomic mass is 10.2. The van der Waals surface area contributed by atoms with Gasteiger partial charge in [-0.2, -0.15) is 4.98 Å². The molecule has 0 bridgehead atoms. The molecule has 0 unspecified atom stereocenters. The van der Waals surface area contributed by atoms with Crippen molar-refractivity contribution in [2.45, 2.75) is 76.6 Å². The predicted octanol–water partition coefficient (Wildman–Crippen LogP) is 4.52. The summed E-state index contributed by atoms with van der Waals surface area (Å²) in [6.45, 7) is 5.77. The van der Waals surface area contributed by atoms with E-state index in [4.69, 9.17) is 19.3 Å². The average Bonchev–Trinajstić information content (AvgIpc) is 3.31. The van der Waals surface area contributed by atoms with Gasteiger partial charge in [0.2, 0.25) is 18.6 Å². The number of rotatable bonds is 12. The Bertz CT molecular complexity index is 970. The van der Waals surface area contributed by atoms with Gasteiger partial charge in [0.25, 0.3) is 0 Å². The number of carboxylic acid groups (broad SMARTS) is 1. The number of aromatic nitrogens is 3. The summed E-state index contributed by atoms with van der Waals surface area (Å²) < 4.78 is 16.2. The van der Waals surface area contributed by atoms with Crippen LogP contribution in [0.2, 0.25) is 0 Å². The van der Waals surface area contributed by atoms with Gasteiger partial charge < -0.3 is 19.3 Å². The normalized spacial score (nSPS) is 11.8. The van der Waals surface area contributed by atoms with E-state index in [0.29, 0.717) is 35.5 Å². The fraction of sp³-hybridized carbons (Fsp3) is 0.542. The number of ether oxygens (including phenoxy) is 3. The number of aliphatic carboxylic acids is 1. The number of methoxy groups -OCH3 is 1. The smallest absolute Gasteiger partial charge is 0.308 e. The lowest BCUT2D eigenvalue weighted by molar-refractivity contribution is -0.150. The lowest BCUT2D eigenvalue weighted by Gasteiger charge is -2.13. The van der Waals surface area contributed by atoms with Crippen LogP contribution in [0.1, 0.15) is 68.3 Å². The van der Waals surface area contributed by atoms with E-state index >= 15 is 0 Å². The Labute approximate surface area is 204 Å². The highest BCUT2D eigenvalue weighted by molar-refractivity contribution is 7.98. The zero-order valence-corrected chi connectivity index (χ0v) is 21.1. The van der Waals surface area contributed by atoms with Crippen LogP contribution in [-0.2, 0) is 32.9 Å². The number of hydrogen-bond acceptors (Lipinski definition) is 9.